The van der Waals surface area contributed by atoms with Crippen molar-refractivity contribution in [3.05, 3.63) is 27.7 Å². The molecule has 0 spiro atoms. The Morgan fingerprint density at radius 3 is 2.53 bits per heavy atom. The van der Waals surface area contributed by atoms with Crippen LogP contribution >= 0.6 is 15.9 Å². The topological polar surface area (TPSA) is 27.7 Å². The van der Waals surface area contributed by atoms with E-state index < -0.39 is 0 Å². The van der Waals surface area contributed by atoms with Gasteiger partial charge in [0.25, 0.3) is 0 Å². The maximum atomic E-state index is 5.43. The molecule has 3 nitrogen and oxygen atoms in total. The third kappa shape index (κ3) is 3.48. The van der Waals surface area contributed by atoms with Gasteiger partial charge in [0, 0.05) is 14.2 Å². The molecule has 4 heteroatoms. The van der Waals surface area contributed by atoms with Crippen LogP contribution in [0.15, 0.2) is 16.6 Å². The first-order chi connectivity index (χ1) is 7.19. The SMILES string of the molecule is COCOc1cc(C)cc(COC)c1Br. The Morgan fingerprint density at radius 1 is 1.20 bits per heavy atom. The van der Waals surface area contributed by atoms with E-state index in [4.69, 9.17) is 14.2 Å². The maximum Gasteiger partial charge on any atom is 0.188 e. The van der Waals surface area contributed by atoms with Gasteiger partial charge in [0.1, 0.15) is 5.75 Å². The summed E-state index contributed by atoms with van der Waals surface area (Å²) in [7, 11) is 3.27. The Balaban J connectivity index is 2.93. The molecule has 0 amide bonds. The lowest BCUT2D eigenvalue weighted by Crippen LogP contribution is -2.01. The number of methoxy groups -OCH3 is 2. The van der Waals surface area contributed by atoms with Crippen LogP contribution in [0.25, 0.3) is 0 Å². The largest absolute Gasteiger partial charge is 0.466 e. The molecule has 0 aliphatic rings. The lowest BCUT2D eigenvalue weighted by Gasteiger charge is -2.12. The van der Waals surface area contributed by atoms with E-state index in [1.807, 2.05) is 13.0 Å². The molecule has 0 radical (unpaired) electrons. The van der Waals surface area contributed by atoms with Crippen LogP contribution in [-0.4, -0.2) is 21.0 Å². The first-order valence-electron chi connectivity index (χ1n) is 4.58. The van der Waals surface area contributed by atoms with Crippen molar-refractivity contribution in [1.29, 1.82) is 0 Å². The Morgan fingerprint density at radius 2 is 1.93 bits per heavy atom. The normalized spacial score (nSPS) is 10.4. The fraction of sp³-hybridized carbons (Fsp3) is 0.455. The second-order valence-electron chi connectivity index (χ2n) is 3.22. The minimum absolute atomic E-state index is 0.245. The van der Waals surface area contributed by atoms with Gasteiger partial charge in [-0.15, -0.1) is 0 Å². The van der Waals surface area contributed by atoms with Crippen molar-refractivity contribution in [2.75, 3.05) is 21.0 Å². The van der Waals surface area contributed by atoms with Gasteiger partial charge in [-0.1, -0.05) is 6.07 Å². The Labute approximate surface area is 98.5 Å². The smallest absolute Gasteiger partial charge is 0.188 e. The fourth-order valence-electron chi connectivity index (χ4n) is 1.30. The molecule has 84 valence electrons. The molecule has 0 atom stereocenters. The van der Waals surface area contributed by atoms with E-state index in [-0.39, 0.29) is 6.79 Å². The van der Waals surface area contributed by atoms with Crippen molar-refractivity contribution in [2.45, 2.75) is 13.5 Å². The van der Waals surface area contributed by atoms with E-state index in [1.165, 1.54) is 0 Å². The van der Waals surface area contributed by atoms with E-state index >= 15 is 0 Å². The van der Waals surface area contributed by atoms with Crippen LogP contribution in [0.5, 0.6) is 5.75 Å². The summed E-state index contributed by atoms with van der Waals surface area (Å²) >= 11 is 3.49. The highest BCUT2D eigenvalue weighted by atomic mass is 79.9. The summed E-state index contributed by atoms with van der Waals surface area (Å²) in [6.07, 6.45) is 0. The van der Waals surface area contributed by atoms with Gasteiger partial charge in [0.15, 0.2) is 6.79 Å². The summed E-state index contributed by atoms with van der Waals surface area (Å²) in [5.74, 6) is 0.781. The molecule has 0 saturated carbocycles. The van der Waals surface area contributed by atoms with Crippen molar-refractivity contribution in [3.8, 4) is 5.75 Å². The number of benzene rings is 1. The number of hydrogen-bond donors (Lipinski definition) is 0. The monoisotopic (exact) mass is 274 g/mol. The molecule has 0 saturated heterocycles. The minimum atomic E-state index is 0.245. The number of ether oxygens (including phenoxy) is 3. The maximum absolute atomic E-state index is 5.43. The second kappa shape index (κ2) is 6.10. The molecule has 0 unspecified atom stereocenters. The van der Waals surface area contributed by atoms with Gasteiger partial charge in [-0.25, -0.2) is 0 Å². The van der Waals surface area contributed by atoms with Crippen LogP contribution in [-0.2, 0) is 16.1 Å². The highest BCUT2D eigenvalue weighted by molar-refractivity contribution is 9.10. The molecule has 0 fully saturated rings. The van der Waals surface area contributed by atoms with Crippen LogP contribution in [0.1, 0.15) is 11.1 Å². The minimum Gasteiger partial charge on any atom is -0.466 e. The van der Waals surface area contributed by atoms with Gasteiger partial charge in [-0.05, 0) is 40.0 Å². The van der Waals surface area contributed by atoms with Crippen LogP contribution in [0.4, 0.5) is 0 Å². The zero-order chi connectivity index (χ0) is 11.3. The number of aryl methyl sites for hydroxylation is 1. The first kappa shape index (κ1) is 12.5. The number of halogens is 1. The molecule has 0 heterocycles. The molecular weight excluding hydrogens is 260 g/mol. The summed E-state index contributed by atoms with van der Waals surface area (Å²) in [4.78, 5) is 0. The predicted molar refractivity (Wildman–Crippen MR) is 62.1 cm³/mol. The first-order valence-corrected chi connectivity index (χ1v) is 5.38. The molecule has 1 aromatic rings. The fourth-order valence-corrected chi connectivity index (χ4v) is 1.75. The number of rotatable bonds is 5. The molecule has 0 bridgehead atoms. The summed E-state index contributed by atoms with van der Waals surface area (Å²) < 4.78 is 16.3. The molecule has 0 aromatic heterocycles. The standard InChI is InChI=1S/C11H15BrO3/c1-8-4-9(6-13-2)11(12)10(5-8)15-7-14-3/h4-5H,6-7H2,1-3H3. The van der Waals surface area contributed by atoms with Crippen molar-refractivity contribution < 1.29 is 14.2 Å². The van der Waals surface area contributed by atoms with Gasteiger partial charge in [-0.2, -0.15) is 0 Å². The van der Waals surface area contributed by atoms with Crippen molar-refractivity contribution in [3.63, 3.8) is 0 Å². The quantitative estimate of drug-likeness (QED) is 0.773. The lowest BCUT2D eigenvalue weighted by atomic mass is 10.1. The Hall–Kier alpha value is -0.580. The molecule has 0 aliphatic heterocycles. The highest BCUT2D eigenvalue weighted by Crippen LogP contribution is 2.30. The van der Waals surface area contributed by atoms with Gasteiger partial charge in [-0.3, -0.25) is 0 Å². The average Bonchev–Trinajstić information content (AvgIpc) is 2.21. The molecule has 1 rings (SSSR count). The van der Waals surface area contributed by atoms with E-state index in [0.717, 1.165) is 21.3 Å². The second-order valence-corrected chi connectivity index (χ2v) is 4.01. The van der Waals surface area contributed by atoms with Crippen LogP contribution in [0, 0.1) is 6.92 Å². The third-order valence-electron chi connectivity index (χ3n) is 1.89. The van der Waals surface area contributed by atoms with Gasteiger partial charge < -0.3 is 14.2 Å². The van der Waals surface area contributed by atoms with E-state index in [1.54, 1.807) is 14.2 Å². The van der Waals surface area contributed by atoms with E-state index in [0.29, 0.717) is 6.61 Å². The van der Waals surface area contributed by atoms with Crippen molar-refractivity contribution in [2.24, 2.45) is 0 Å². The number of hydrogen-bond acceptors (Lipinski definition) is 3. The Bertz CT molecular complexity index is 326. The predicted octanol–water partition coefficient (Wildman–Crippen LogP) is 2.89. The zero-order valence-corrected chi connectivity index (χ0v) is 10.8. The zero-order valence-electron chi connectivity index (χ0n) is 9.17. The van der Waals surface area contributed by atoms with E-state index in [9.17, 15) is 0 Å². The van der Waals surface area contributed by atoms with Crippen LogP contribution in [0.3, 0.4) is 0 Å². The average molecular weight is 275 g/mol. The van der Waals surface area contributed by atoms with E-state index in [2.05, 4.69) is 22.0 Å². The summed E-state index contributed by atoms with van der Waals surface area (Å²) in [6.45, 7) is 2.82. The molecule has 1 aromatic carbocycles. The molecule has 15 heavy (non-hydrogen) atoms. The summed E-state index contributed by atoms with van der Waals surface area (Å²) in [5.41, 5.74) is 2.21. The third-order valence-corrected chi connectivity index (χ3v) is 2.79. The van der Waals surface area contributed by atoms with Crippen molar-refractivity contribution in [1.82, 2.24) is 0 Å². The molecular formula is C11H15BrO3. The highest BCUT2D eigenvalue weighted by Gasteiger charge is 2.08. The Kier molecular flexibility index (Phi) is 5.08. The molecule has 0 aliphatic carbocycles. The lowest BCUT2D eigenvalue weighted by molar-refractivity contribution is 0.0503. The summed E-state index contributed by atoms with van der Waals surface area (Å²) in [5, 5.41) is 0. The van der Waals surface area contributed by atoms with Crippen LogP contribution < -0.4 is 4.74 Å². The van der Waals surface area contributed by atoms with Crippen molar-refractivity contribution >= 4 is 15.9 Å². The van der Waals surface area contributed by atoms with Gasteiger partial charge in [0.05, 0.1) is 11.1 Å². The van der Waals surface area contributed by atoms with Gasteiger partial charge in [0.2, 0.25) is 0 Å². The van der Waals surface area contributed by atoms with Crippen LogP contribution in [0.2, 0.25) is 0 Å². The summed E-state index contributed by atoms with van der Waals surface area (Å²) in [6, 6.07) is 4.02. The van der Waals surface area contributed by atoms with Gasteiger partial charge >= 0.3 is 0 Å². The molecule has 0 N–H and O–H groups in total.